The molecule has 2 rings (SSSR count). The molecule has 0 saturated carbocycles. The maximum absolute atomic E-state index is 12.6. The number of aromatic nitrogens is 1. The van der Waals surface area contributed by atoms with Crippen molar-refractivity contribution in [1.29, 1.82) is 0 Å². The molecule has 136 valence electrons. The van der Waals surface area contributed by atoms with Gasteiger partial charge in [-0.3, -0.25) is 4.90 Å². The molecule has 1 aliphatic heterocycles. The lowest BCUT2D eigenvalue weighted by Crippen LogP contribution is -2.58. The highest BCUT2D eigenvalue weighted by molar-refractivity contribution is 7.09. The van der Waals surface area contributed by atoms with Crippen LogP contribution in [0.3, 0.4) is 0 Å². The minimum absolute atomic E-state index is 0.0236. The lowest BCUT2D eigenvalue weighted by atomic mass is 10.1. The van der Waals surface area contributed by atoms with Gasteiger partial charge in [-0.2, -0.15) is 0 Å². The van der Waals surface area contributed by atoms with Crippen LogP contribution < -0.4 is 5.32 Å². The second-order valence-electron chi connectivity index (χ2n) is 7.32. The molecule has 2 amide bonds. The predicted molar refractivity (Wildman–Crippen MR) is 97.3 cm³/mol. The number of aliphatic hydroxyl groups is 1. The van der Waals surface area contributed by atoms with E-state index in [2.05, 4.69) is 29.0 Å². The Morgan fingerprint density at radius 1 is 1.54 bits per heavy atom. The Morgan fingerprint density at radius 2 is 2.25 bits per heavy atom. The highest BCUT2D eigenvalue weighted by atomic mass is 32.1. The normalized spacial score (nSPS) is 20.9. The van der Waals surface area contributed by atoms with Gasteiger partial charge in [0, 0.05) is 43.3 Å². The number of hydrogen-bond donors (Lipinski definition) is 2. The monoisotopic (exact) mass is 354 g/mol. The molecule has 2 N–H and O–H groups in total. The maximum Gasteiger partial charge on any atom is 0.318 e. The Morgan fingerprint density at radius 3 is 2.75 bits per heavy atom. The molecule has 1 aliphatic rings. The van der Waals surface area contributed by atoms with E-state index in [1.54, 1.807) is 11.3 Å². The number of nitrogens with one attached hydrogen (secondary N) is 1. The van der Waals surface area contributed by atoms with Gasteiger partial charge in [-0.05, 0) is 34.1 Å². The zero-order valence-electron chi connectivity index (χ0n) is 15.4. The minimum Gasteiger partial charge on any atom is -0.389 e. The third-order valence-corrected chi connectivity index (χ3v) is 5.36. The number of piperazine rings is 1. The zero-order valence-corrected chi connectivity index (χ0v) is 16.2. The summed E-state index contributed by atoms with van der Waals surface area (Å²) in [5, 5.41) is 16.1. The van der Waals surface area contributed by atoms with E-state index in [0.717, 1.165) is 23.7 Å². The smallest absolute Gasteiger partial charge is 0.318 e. The molecule has 1 saturated heterocycles. The van der Waals surface area contributed by atoms with Gasteiger partial charge in [-0.25, -0.2) is 9.78 Å². The van der Waals surface area contributed by atoms with Gasteiger partial charge in [-0.1, -0.05) is 6.92 Å². The summed E-state index contributed by atoms with van der Waals surface area (Å²) in [5.74, 6) is 0. The van der Waals surface area contributed by atoms with Crippen LogP contribution in [0.4, 0.5) is 4.79 Å². The standard InChI is InChI=1S/C17H30N4O2S/c1-6-14(15-18-12(2)10-24-15)19-16(22)20-7-8-21(13(3)9-20)11-17(4,5)23/h10,13-14,23H,6-9,11H2,1-5H3,(H,19,22). The summed E-state index contributed by atoms with van der Waals surface area (Å²) in [6, 6.07) is 0.184. The van der Waals surface area contributed by atoms with Crippen LogP contribution in [0.1, 0.15) is 50.9 Å². The van der Waals surface area contributed by atoms with Crippen molar-refractivity contribution < 1.29 is 9.90 Å². The van der Waals surface area contributed by atoms with Gasteiger partial charge < -0.3 is 15.3 Å². The molecule has 2 atom stereocenters. The van der Waals surface area contributed by atoms with E-state index in [-0.39, 0.29) is 18.1 Å². The summed E-state index contributed by atoms with van der Waals surface area (Å²) in [4.78, 5) is 21.2. The maximum atomic E-state index is 12.6. The van der Waals surface area contributed by atoms with E-state index >= 15 is 0 Å². The van der Waals surface area contributed by atoms with E-state index in [1.165, 1.54) is 0 Å². The van der Waals surface area contributed by atoms with Gasteiger partial charge in [-0.15, -0.1) is 11.3 Å². The van der Waals surface area contributed by atoms with Gasteiger partial charge in [0.1, 0.15) is 5.01 Å². The molecule has 7 heteroatoms. The average molecular weight is 355 g/mol. The first-order valence-electron chi connectivity index (χ1n) is 8.63. The topological polar surface area (TPSA) is 68.7 Å². The van der Waals surface area contributed by atoms with Crippen molar-refractivity contribution in [2.24, 2.45) is 0 Å². The average Bonchev–Trinajstić information content (AvgIpc) is 2.91. The van der Waals surface area contributed by atoms with Crippen molar-refractivity contribution in [1.82, 2.24) is 20.1 Å². The molecular weight excluding hydrogens is 324 g/mol. The van der Waals surface area contributed by atoms with Crippen LogP contribution in [0.2, 0.25) is 0 Å². The third-order valence-electron chi connectivity index (χ3n) is 4.28. The van der Waals surface area contributed by atoms with Crippen LogP contribution in [-0.2, 0) is 0 Å². The first-order chi connectivity index (χ1) is 11.2. The van der Waals surface area contributed by atoms with Gasteiger partial charge >= 0.3 is 6.03 Å². The SMILES string of the molecule is CCC(NC(=O)N1CCN(CC(C)(C)O)C(C)C1)c1nc(C)cs1. The number of rotatable bonds is 5. The van der Waals surface area contributed by atoms with Gasteiger partial charge in [0.2, 0.25) is 0 Å². The minimum atomic E-state index is -0.714. The Labute approximate surface area is 148 Å². The highest BCUT2D eigenvalue weighted by Gasteiger charge is 2.30. The number of urea groups is 1. The van der Waals surface area contributed by atoms with Crippen molar-refractivity contribution in [3.63, 3.8) is 0 Å². The Kier molecular flexibility index (Phi) is 6.22. The van der Waals surface area contributed by atoms with Crippen molar-refractivity contribution in [2.75, 3.05) is 26.2 Å². The molecule has 2 heterocycles. The summed E-state index contributed by atoms with van der Waals surface area (Å²) >= 11 is 1.60. The molecule has 1 aromatic rings. The van der Waals surface area contributed by atoms with Crippen molar-refractivity contribution in [2.45, 2.75) is 58.7 Å². The zero-order chi connectivity index (χ0) is 17.9. The number of aryl methyl sites for hydroxylation is 1. The number of β-amino-alcohol motifs (C(OH)–C–C–N with tert-alkyl or cyclic N) is 1. The lowest BCUT2D eigenvalue weighted by Gasteiger charge is -2.42. The van der Waals surface area contributed by atoms with E-state index in [1.807, 2.05) is 31.1 Å². The summed E-state index contributed by atoms with van der Waals surface area (Å²) in [7, 11) is 0. The first kappa shape index (κ1) is 19.1. The molecule has 0 aromatic carbocycles. The molecule has 0 spiro atoms. The largest absolute Gasteiger partial charge is 0.389 e. The second-order valence-corrected chi connectivity index (χ2v) is 8.21. The number of carbonyl (C=O) groups excluding carboxylic acids is 1. The van der Waals surface area contributed by atoms with Crippen LogP contribution in [0.25, 0.3) is 0 Å². The first-order valence-corrected chi connectivity index (χ1v) is 9.51. The molecule has 1 fully saturated rings. The summed E-state index contributed by atoms with van der Waals surface area (Å²) in [6.45, 7) is 12.5. The molecule has 6 nitrogen and oxygen atoms in total. The molecule has 0 bridgehead atoms. The van der Waals surface area contributed by atoms with Gasteiger partial charge in [0.15, 0.2) is 0 Å². The fourth-order valence-electron chi connectivity index (χ4n) is 3.02. The summed E-state index contributed by atoms with van der Waals surface area (Å²) in [6.07, 6.45) is 0.826. The Bertz CT molecular complexity index is 555. The van der Waals surface area contributed by atoms with Gasteiger partial charge in [0.25, 0.3) is 0 Å². The molecule has 0 aliphatic carbocycles. The third kappa shape index (κ3) is 5.16. The molecule has 2 unspecified atom stereocenters. The van der Waals surface area contributed by atoms with E-state index in [4.69, 9.17) is 0 Å². The molecule has 0 radical (unpaired) electrons. The summed E-state index contributed by atoms with van der Waals surface area (Å²) in [5.41, 5.74) is 0.283. The van der Waals surface area contributed by atoms with Crippen LogP contribution in [-0.4, -0.2) is 63.7 Å². The van der Waals surface area contributed by atoms with E-state index < -0.39 is 5.60 Å². The summed E-state index contributed by atoms with van der Waals surface area (Å²) < 4.78 is 0. The van der Waals surface area contributed by atoms with Crippen LogP contribution >= 0.6 is 11.3 Å². The quantitative estimate of drug-likeness (QED) is 0.852. The number of thiazole rings is 1. The fraction of sp³-hybridized carbons (Fsp3) is 0.765. The van der Waals surface area contributed by atoms with Gasteiger partial charge in [0.05, 0.1) is 11.6 Å². The number of carbonyl (C=O) groups is 1. The Hall–Kier alpha value is -1.18. The second kappa shape index (κ2) is 7.80. The molecule has 1 aromatic heterocycles. The number of nitrogens with zero attached hydrogens (tertiary/aromatic N) is 3. The number of hydrogen-bond acceptors (Lipinski definition) is 5. The number of amides is 2. The molecular formula is C17H30N4O2S. The highest BCUT2D eigenvalue weighted by Crippen LogP contribution is 2.21. The lowest BCUT2D eigenvalue weighted by molar-refractivity contribution is 0.00275. The van der Waals surface area contributed by atoms with Crippen LogP contribution in [0.5, 0.6) is 0 Å². The van der Waals surface area contributed by atoms with Crippen molar-refractivity contribution >= 4 is 17.4 Å². The van der Waals surface area contributed by atoms with Crippen LogP contribution in [0.15, 0.2) is 5.38 Å². The van der Waals surface area contributed by atoms with Crippen molar-refractivity contribution in [3.05, 3.63) is 16.1 Å². The van der Waals surface area contributed by atoms with Crippen LogP contribution in [0, 0.1) is 6.92 Å². The van der Waals surface area contributed by atoms with Crippen molar-refractivity contribution in [3.8, 4) is 0 Å². The fourth-order valence-corrected chi connectivity index (χ4v) is 3.95. The Balaban J connectivity index is 1.91. The van der Waals surface area contributed by atoms with E-state index in [0.29, 0.717) is 19.6 Å². The van der Waals surface area contributed by atoms with E-state index in [9.17, 15) is 9.90 Å². The molecule has 24 heavy (non-hydrogen) atoms. The predicted octanol–water partition coefficient (Wildman–Crippen LogP) is 2.39.